The zero-order valence-corrected chi connectivity index (χ0v) is 25.9. The van der Waals surface area contributed by atoms with Gasteiger partial charge in [0.05, 0.1) is 24.6 Å². The van der Waals surface area contributed by atoms with Crippen LogP contribution in [0.3, 0.4) is 0 Å². The minimum absolute atomic E-state index is 0.184. The third-order valence-electron chi connectivity index (χ3n) is 7.65. The van der Waals surface area contributed by atoms with E-state index in [-0.39, 0.29) is 25.7 Å². The number of amides is 2. The number of carbonyl (C=O) groups is 1. The van der Waals surface area contributed by atoms with Gasteiger partial charge in [0.1, 0.15) is 5.82 Å². The molecular formula is C31H44N6O4S. The molecule has 0 radical (unpaired) electrons. The quantitative estimate of drug-likeness (QED) is 0.370. The van der Waals surface area contributed by atoms with Crippen molar-refractivity contribution < 1.29 is 18.3 Å². The molecule has 2 amide bonds. The first kappa shape index (κ1) is 31.7. The molecule has 1 aliphatic heterocycles. The van der Waals surface area contributed by atoms with Crippen molar-refractivity contribution in [3.05, 3.63) is 78.2 Å². The summed E-state index contributed by atoms with van der Waals surface area (Å²) in [6.07, 6.45) is 3.64. The highest BCUT2D eigenvalue weighted by Crippen LogP contribution is 2.40. The highest BCUT2D eigenvalue weighted by atomic mass is 32.2. The lowest BCUT2D eigenvalue weighted by molar-refractivity contribution is 0.0726. The molecule has 10 nitrogen and oxygen atoms in total. The van der Waals surface area contributed by atoms with E-state index in [1.165, 1.54) is 10.6 Å². The number of piperazine rings is 1. The average Bonchev–Trinajstić information content (AvgIpc) is 3.37. The minimum atomic E-state index is -3.34. The molecule has 3 N–H and O–H groups in total. The van der Waals surface area contributed by atoms with Gasteiger partial charge in [-0.2, -0.15) is 4.31 Å². The lowest BCUT2D eigenvalue weighted by Crippen LogP contribution is -2.56. The van der Waals surface area contributed by atoms with Crippen LogP contribution in [-0.4, -0.2) is 94.8 Å². The van der Waals surface area contributed by atoms with Gasteiger partial charge < -0.3 is 25.2 Å². The van der Waals surface area contributed by atoms with E-state index in [2.05, 4.69) is 37.5 Å². The maximum Gasteiger partial charge on any atom is 0.320 e. The van der Waals surface area contributed by atoms with E-state index in [4.69, 9.17) is 10.7 Å². The maximum absolute atomic E-state index is 14.3. The van der Waals surface area contributed by atoms with Crippen LogP contribution in [0.1, 0.15) is 44.6 Å². The van der Waals surface area contributed by atoms with Crippen molar-refractivity contribution in [3.8, 4) is 11.3 Å². The van der Waals surface area contributed by atoms with Gasteiger partial charge in [-0.15, -0.1) is 0 Å². The summed E-state index contributed by atoms with van der Waals surface area (Å²) in [5, 5.41) is 9.68. The van der Waals surface area contributed by atoms with Crippen molar-refractivity contribution in [3.63, 3.8) is 0 Å². The fourth-order valence-corrected chi connectivity index (χ4v) is 6.25. The summed E-state index contributed by atoms with van der Waals surface area (Å²) >= 11 is 0. The molecule has 0 unspecified atom stereocenters. The Hall–Kier alpha value is -3.25. The fourth-order valence-electron chi connectivity index (χ4n) is 5.42. The van der Waals surface area contributed by atoms with Crippen LogP contribution in [0.4, 0.5) is 4.79 Å². The second-order valence-electron chi connectivity index (χ2n) is 12.1. The summed E-state index contributed by atoms with van der Waals surface area (Å²) in [6.45, 7) is 8.06. The Bertz CT molecular complexity index is 1410. The summed E-state index contributed by atoms with van der Waals surface area (Å²) in [7, 11) is -3.34. The number of aliphatic hydroxyl groups is 1. The lowest BCUT2D eigenvalue weighted by atomic mass is 9.84. The van der Waals surface area contributed by atoms with Gasteiger partial charge in [-0.05, 0) is 17.4 Å². The zero-order valence-electron chi connectivity index (χ0n) is 25.1. The number of carbonyl (C=O) groups excluding carboxylic acids is 1. The maximum atomic E-state index is 14.3. The number of aliphatic hydroxyl groups excluding tert-OH is 1. The molecule has 2 heterocycles. The molecule has 3 aromatic rings. The normalized spacial score (nSPS) is 16.3. The number of hydrogen-bond acceptors (Lipinski definition) is 6. The van der Waals surface area contributed by atoms with Gasteiger partial charge in [-0.25, -0.2) is 18.2 Å². The van der Waals surface area contributed by atoms with Crippen LogP contribution in [0.2, 0.25) is 0 Å². The molecule has 0 saturated carbocycles. The van der Waals surface area contributed by atoms with E-state index in [1.807, 2.05) is 59.6 Å². The molecule has 42 heavy (non-hydrogen) atoms. The molecule has 228 valence electrons. The molecule has 4 rings (SSSR count). The second-order valence-corrected chi connectivity index (χ2v) is 14.1. The third-order valence-corrected chi connectivity index (χ3v) is 8.95. The summed E-state index contributed by atoms with van der Waals surface area (Å²) in [5.41, 5.74) is 8.61. The van der Waals surface area contributed by atoms with Crippen LogP contribution in [0.15, 0.2) is 66.9 Å². The van der Waals surface area contributed by atoms with Crippen molar-refractivity contribution in [1.29, 1.82) is 0 Å². The zero-order chi connectivity index (χ0) is 30.5. The Balaban J connectivity index is 1.78. The molecule has 1 fully saturated rings. The summed E-state index contributed by atoms with van der Waals surface area (Å²) < 4.78 is 27.7. The number of urea groups is 1. The van der Waals surface area contributed by atoms with Gasteiger partial charge in [-0.1, -0.05) is 81.4 Å². The van der Waals surface area contributed by atoms with E-state index >= 15 is 0 Å². The van der Waals surface area contributed by atoms with Crippen LogP contribution < -0.4 is 5.73 Å². The van der Waals surface area contributed by atoms with Crippen molar-refractivity contribution in [1.82, 2.24) is 23.7 Å². The van der Waals surface area contributed by atoms with Gasteiger partial charge in [-0.3, -0.25) is 0 Å². The third kappa shape index (κ3) is 7.77. The van der Waals surface area contributed by atoms with Gasteiger partial charge >= 0.3 is 6.03 Å². The first-order valence-electron chi connectivity index (χ1n) is 14.4. The number of sulfonamides is 1. The Labute approximate surface area is 249 Å². The second kappa shape index (κ2) is 13.4. The summed E-state index contributed by atoms with van der Waals surface area (Å²) in [4.78, 5) is 23.0. The molecule has 2 aromatic carbocycles. The molecule has 11 heteroatoms. The standard InChI is InChI=1S/C31H44N6O4S/c1-31(2,3)28(37(16-15-26(32)23-38)30(39)34-17-19-36(20-18-34)42(4,40)41)29-33-27(25-13-9-6-10-14-25)22-35(29)21-24-11-7-5-8-12-24/h5-14,22,26,28,38H,15-21,23,32H2,1-4H3/t26-,28+/m1/s1. The van der Waals surface area contributed by atoms with Crippen molar-refractivity contribution in [2.24, 2.45) is 11.1 Å². The number of aromatic nitrogens is 2. The van der Waals surface area contributed by atoms with E-state index in [9.17, 15) is 18.3 Å². The Morgan fingerprint density at radius 2 is 1.62 bits per heavy atom. The van der Waals surface area contributed by atoms with E-state index in [1.54, 1.807) is 4.90 Å². The van der Waals surface area contributed by atoms with Gasteiger partial charge in [0.2, 0.25) is 10.0 Å². The predicted octanol–water partition coefficient (Wildman–Crippen LogP) is 3.39. The van der Waals surface area contributed by atoms with Crippen LogP contribution >= 0.6 is 0 Å². The number of benzene rings is 2. The monoisotopic (exact) mass is 596 g/mol. The Kier molecular flexibility index (Phi) is 10.1. The van der Waals surface area contributed by atoms with E-state index < -0.39 is 27.5 Å². The minimum Gasteiger partial charge on any atom is -0.395 e. The molecule has 0 aliphatic carbocycles. The van der Waals surface area contributed by atoms with E-state index in [0.717, 1.165) is 22.6 Å². The molecular weight excluding hydrogens is 552 g/mol. The summed E-state index contributed by atoms with van der Waals surface area (Å²) in [5.74, 6) is 0.755. The Morgan fingerprint density at radius 3 is 2.17 bits per heavy atom. The molecule has 0 spiro atoms. The van der Waals surface area contributed by atoms with Crippen LogP contribution in [0.5, 0.6) is 0 Å². The lowest BCUT2D eigenvalue weighted by Gasteiger charge is -2.44. The smallest absolute Gasteiger partial charge is 0.320 e. The number of hydrogen-bond donors (Lipinski definition) is 2. The molecule has 1 saturated heterocycles. The first-order chi connectivity index (χ1) is 19.9. The van der Waals surface area contributed by atoms with Gasteiger partial charge in [0.25, 0.3) is 0 Å². The van der Waals surface area contributed by atoms with Gasteiger partial charge in [0, 0.05) is 57.1 Å². The number of nitrogens with two attached hydrogens (primary N) is 1. The SMILES string of the molecule is CC(C)(C)[C@H](c1nc(-c2ccccc2)cn1Cc1ccccc1)N(CC[C@@H](N)CO)C(=O)N1CCN(S(C)(=O)=O)CC1. The average molecular weight is 597 g/mol. The molecule has 2 atom stereocenters. The number of imidazole rings is 1. The van der Waals surface area contributed by atoms with Gasteiger partial charge in [0.15, 0.2) is 0 Å². The number of nitrogens with zero attached hydrogens (tertiary/aromatic N) is 5. The van der Waals surface area contributed by atoms with E-state index in [0.29, 0.717) is 32.6 Å². The van der Waals surface area contributed by atoms with Crippen LogP contribution in [-0.2, 0) is 16.6 Å². The predicted molar refractivity (Wildman–Crippen MR) is 165 cm³/mol. The van der Waals surface area contributed by atoms with Crippen molar-refractivity contribution in [2.45, 2.75) is 45.8 Å². The highest BCUT2D eigenvalue weighted by molar-refractivity contribution is 7.88. The molecule has 1 aromatic heterocycles. The molecule has 1 aliphatic rings. The number of rotatable bonds is 10. The van der Waals surface area contributed by atoms with Crippen molar-refractivity contribution >= 4 is 16.1 Å². The van der Waals surface area contributed by atoms with Crippen LogP contribution in [0, 0.1) is 5.41 Å². The fraction of sp³-hybridized carbons (Fsp3) is 0.484. The summed E-state index contributed by atoms with van der Waals surface area (Å²) in [6, 6.07) is 19.0. The highest BCUT2D eigenvalue weighted by Gasteiger charge is 2.40. The Morgan fingerprint density at radius 1 is 1.02 bits per heavy atom. The molecule has 0 bridgehead atoms. The van der Waals surface area contributed by atoms with Crippen LogP contribution in [0.25, 0.3) is 11.3 Å². The topological polar surface area (TPSA) is 125 Å². The largest absolute Gasteiger partial charge is 0.395 e. The van der Waals surface area contributed by atoms with Crippen molar-refractivity contribution in [2.75, 3.05) is 45.6 Å². The first-order valence-corrected chi connectivity index (χ1v) is 16.3.